The number of alkyl halides is 2. The summed E-state index contributed by atoms with van der Waals surface area (Å²) < 4.78 is 0. The SMILES string of the molecule is C.C1CCC2C(C1)C1CCCCC1C1C2CC2C3CCCCC3C3CCCCC3C21.C1CCCC1.C1CCc2c(c3c(c4c2Cc2c5c(c6c(c2-4)CCCC6)CCCC5)CCCC3)C1.ClCCCCCl.[CH3-].[CH3-].[Cl][Al]([Cl])[Cl].[Cl][Zr+2][Cl].c1ccc2c(c1)Cc1ccccc1-2. The summed E-state index contributed by atoms with van der Waals surface area (Å²) in [5.41, 5.74) is 27.7. The molecule has 0 bridgehead atoms. The first kappa shape index (κ1) is 76.5. The third-order valence-electron chi connectivity index (χ3n) is 26.3. The fraction of sp³-hybridized carbons (Fsp3) is 0.687. The molecule has 12 unspecified atom stereocenters. The quantitative estimate of drug-likeness (QED) is 0.0717. The van der Waals surface area contributed by atoms with Gasteiger partial charge < -0.3 is 14.9 Å². The van der Waals surface area contributed by atoms with Crippen LogP contribution >= 0.6 is 70.4 Å². The van der Waals surface area contributed by atoms with Crippen LogP contribution in [0.25, 0.3) is 22.3 Å². The molecule has 8 saturated carbocycles. The van der Waals surface area contributed by atoms with Crippen LogP contribution in [0.5, 0.6) is 0 Å². The van der Waals surface area contributed by atoms with Gasteiger partial charge in [-0.05, 0) is 346 Å². The number of rotatable bonds is 3. The number of fused-ring (bicyclic) bond motifs is 29. The third-order valence-corrected chi connectivity index (χ3v) is 26.8. The van der Waals surface area contributed by atoms with Crippen LogP contribution < -0.4 is 0 Å². The fourth-order valence-electron chi connectivity index (χ4n) is 23.4. The fourth-order valence-corrected chi connectivity index (χ4v) is 23.8. The van der Waals surface area contributed by atoms with Crippen molar-refractivity contribution in [1.82, 2.24) is 0 Å². The zero-order valence-corrected chi connectivity index (χ0v) is 65.3. The Morgan fingerprint density at radius 3 is 0.891 bits per heavy atom. The first-order valence-electron chi connectivity index (χ1n) is 37.4. The molecule has 14 aliphatic carbocycles. The van der Waals surface area contributed by atoms with Crippen molar-refractivity contribution in [3.05, 3.63) is 130 Å². The molecule has 0 spiro atoms. The van der Waals surface area contributed by atoms with E-state index in [9.17, 15) is 0 Å². The molecule has 506 valence electrons. The molecule has 14 aliphatic rings. The number of hydrogen-bond donors (Lipinski definition) is 0. The van der Waals surface area contributed by atoms with Gasteiger partial charge in [0.2, 0.25) is 0 Å². The Bertz CT molecular complexity index is 2740. The summed E-state index contributed by atoms with van der Waals surface area (Å²) in [6.45, 7) is 0. The molecule has 0 radical (unpaired) electrons. The van der Waals surface area contributed by atoms with E-state index in [4.69, 9.17) is 70.4 Å². The van der Waals surface area contributed by atoms with Crippen molar-refractivity contribution in [2.24, 2.45) is 71.0 Å². The molecule has 18 rings (SSSR count). The van der Waals surface area contributed by atoms with Gasteiger partial charge in [-0.25, -0.2) is 30.1 Å². The van der Waals surface area contributed by atoms with Crippen molar-refractivity contribution in [3.8, 4) is 22.3 Å². The summed E-state index contributed by atoms with van der Waals surface area (Å²) in [7, 11) is 24.7. The summed E-state index contributed by atoms with van der Waals surface area (Å²) >= 11 is 8.10. The van der Waals surface area contributed by atoms with Gasteiger partial charge >= 0.3 is 49.3 Å². The van der Waals surface area contributed by atoms with Gasteiger partial charge in [0.25, 0.3) is 0 Å². The smallest absolute Gasteiger partial charge is 0.00135 e. The maximum atomic E-state index is 5.32. The Balaban J connectivity index is 0.000000147. The number of benzene rings is 4. The van der Waals surface area contributed by atoms with E-state index in [0.717, 1.165) is 31.0 Å². The van der Waals surface area contributed by atoms with Crippen LogP contribution in [0.4, 0.5) is 0 Å². The molecule has 92 heavy (non-hydrogen) atoms. The first-order chi connectivity index (χ1) is 43.8. The van der Waals surface area contributed by atoms with Crippen LogP contribution in [0, 0.1) is 85.9 Å². The molecule has 0 nitrogen and oxygen atoms in total. The van der Waals surface area contributed by atoms with Crippen LogP contribution in [0.2, 0.25) is 0 Å². The summed E-state index contributed by atoms with van der Waals surface area (Å²) in [6, 6.07) is 17.3. The van der Waals surface area contributed by atoms with Gasteiger partial charge in [-0.1, -0.05) is 139 Å². The zero-order valence-electron chi connectivity index (χ0n) is 56.4. The van der Waals surface area contributed by atoms with E-state index >= 15 is 0 Å². The van der Waals surface area contributed by atoms with E-state index < -0.39 is 32.2 Å². The van der Waals surface area contributed by atoms with Gasteiger partial charge in [0.1, 0.15) is 0 Å². The number of unbranched alkanes of at least 4 members (excludes halogenated alkanes) is 1. The largest absolute Gasteiger partial charge is 0.0619 e. The van der Waals surface area contributed by atoms with Crippen molar-refractivity contribution < 1.29 is 20.8 Å². The van der Waals surface area contributed by atoms with Crippen molar-refractivity contribution in [3.63, 3.8) is 0 Å². The molecule has 9 heteroatoms. The second-order valence-corrected chi connectivity index (χ2v) is 41.3. The second-order valence-electron chi connectivity index (χ2n) is 30.4. The zero-order chi connectivity index (χ0) is 61.2. The molecule has 0 amide bonds. The Hall–Kier alpha value is 0.326. The first-order valence-corrected chi connectivity index (χ1v) is 50.0. The average molecular weight is 1480 g/mol. The van der Waals surface area contributed by atoms with Crippen molar-refractivity contribution in [2.45, 2.75) is 277 Å². The third kappa shape index (κ3) is 16.9. The second kappa shape index (κ2) is 37.8. The molecular weight excluding hydrogens is 1360 g/mol. The van der Waals surface area contributed by atoms with Crippen molar-refractivity contribution >= 4 is 81.8 Å². The van der Waals surface area contributed by atoms with E-state index in [1.165, 1.54) is 235 Å². The average Bonchev–Trinajstić information content (AvgIpc) is 1.53. The number of halogens is 7. The summed E-state index contributed by atoms with van der Waals surface area (Å²) in [5, 5.41) is 0. The van der Waals surface area contributed by atoms with Gasteiger partial charge in [-0.2, -0.15) is 0 Å². The molecule has 0 heterocycles. The van der Waals surface area contributed by atoms with Gasteiger partial charge in [0.15, 0.2) is 0 Å². The Kier molecular flexibility index (Phi) is 31.5. The van der Waals surface area contributed by atoms with E-state index in [-0.39, 0.29) is 22.3 Å². The molecular formula is C83H118AlCl7Zr. The van der Waals surface area contributed by atoms with Crippen LogP contribution in [-0.4, -0.2) is 23.1 Å². The Morgan fingerprint density at radius 1 is 0.326 bits per heavy atom. The number of hydrogen-bond acceptors (Lipinski definition) is 0. The minimum absolute atomic E-state index is 0. The predicted molar refractivity (Wildman–Crippen MR) is 405 cm³/mol. The van der Waals surface area contributed by atoms with E-state index in [0.29, 0.717) is 0 Å². The van der Waals surface area contributed by atoms with E-state index in [2.05, 4.69) is 48.5 Å². The molecule has 12 atom stereocenters. The van der Waals surface area contributed by atoms with E-state index in [1.54, 1.807) is 109 Å². The maximum absolute atomic E-state index is 5.32. The predicted octanol–water partition coefficient (Wildman–Crippen LogP) is 26.9. The van der Waals surface area contributed by atoms with Crippen molar-refractivity contribution in [1.29, 1.82) is 0 Å². The molecule has 4 aromatic carbocycles. The van der Waals surface area contributed by atoms with Gasteiger partial charge in [-0.15, -0.1) is 23.2 Å². The molecule has 0 aromatic heterocycles. The van der Waals surface area contributed by atoms with Crippen LogP contribution in [0.1, 0.15) is 280 Å². The van der Waals surface area contributed by atoms with Crippen molar-refractivity contribution in [2.75, 3.05) is 11.8 Å². The topological polar surface area (TPSA) is 0 Å². The van der Waals surface area contributed by atoms with Crippen LogP contribution in [0.15, 0.2) is 48.5 Å². The molecule has 0 aliphatic heterocycles. The van der Waals surface area contributed by atoms with Gasteiger partial charge in [-0.3, -0.25) is 0 Å². The monoisotopic (exact) mass is 1480 g/mol. The molecule has 4 aromatic rings. The Morgan fingerprint density at radius 2 is 0.576 bits per heavy atom. The molecule has 0 N–H and O–H groups in total. The van der Waals surface area contributed by atoms with Gasteiger partial charge in [0.05, 0.1) is 0 Å². The van der Waals surface area contributed by atoms with Crippen LogP contribution in [-0.2, 0) is 85.1 Å². The maximum Gasteiger partial charge on any atom is -0.00135 e. The standard InChI is InChI=1S/C29H46.C29H34.C13H10.C5H10.C4H8Cl2.CH4.2CH3.Al.5ClH.Zr/c2*1-3-13-22-18(9-1)20-11-5-7-15-24(20)28-26(22)17-27-23-14-4-2-10-19(23)21-12-6-8-16-25(21)29(27)28;1-3-7-12-10(5-1)9-11-6-2-4-8-13(11)12;1-2-4-5-3-1;5-3-1-2-4-6;;;;;;;;;;/h18-29H,1-17H2;1-17H2;1-8H,9H2;1-5H2;1-4H2;1H4;2*1H3;;5*1H;/q;;;;;;2*-1;+3;;;;;;+4/p-5. The molecule has 0 saturated heterocycles. The van der Waals surface area contributed by atoms with E-state index in [1.807, 2.05) is 66.8 Å². The van der Waals surface area contributed by atoms with Gasteiger partial charge in [0, 0.05) is 11.8 Å². The summed E-state index contributed by atoms with van der Waals surface area (Å²) in [6.07, 6.45) is 61.7. The minimum atomic E-state index is -1.72. The molecule has 8 fully saturated rings. The minimum Gasteiger partial charge on any atom is -0.0619 e. The summed E-state index contributed by atoms with van der Waals surface area (Å²) in [4.78, 5) is 0. The van der Waals surface area contributed by atoms with Crippen LogP contribution in [0.3, 0.4) is 0 Å². The normalized spacial score (nSPS) is 29.3. The summed E-state index contributed by atoms with van der Waals surface area (Å²) in [5.74, 6) is 15.6. The Labute approximate surface area is 608 Å².